The standard InChI is InChI=1S/C18H29N3O10/c1-4-28-9-18(27-3,10-29-5-2)16(25)31-20-12-6-7-21(17(26)19-12)15-14(24)13(23)11(8-22)30-15/h6-7,11,13-15,22-24H,4-5,8-10H2,1-3H3,(H,19,20,26)/t11-,13-,14-,15-/m1/s1. The molecule has 0 saturated carbocycles. The first-order valence-electron chi connectivity index (χ1n) is 9.73. The number of carbonyl (C=O) groups is 1. The zero-order chi connectivity index (χ0) is 23.0. The number of ether oxygens (including phenoxy) is 4. The van der Waals surface area contributed by atoms with Crippen LogP contribution in [0, 0.1) is 0 Å². The third-order valence-corrected chi connectivity index (χ3v) is 4.71. The van der Waals surface area contributed by atoms with Gasteiger partial charge in [0.25, 0.3) is 0 Å². The fourth-order valence-corrected chi connectivity index (χ4v) is 2.86. The second kappa shape index (κ2) is 11.5. The molecule has 1 aliphatic rings. The van der Waals surface area contributed by atoms with E-state index in [2.05, 4.69) is 10.5 Å². The number of rotatable bonds is 12. The van der Waals surface area contributed by atoms with Crippen molar-refractivity contribution < 1.29 is 43.9 Å². The van der Waals surface area contributed by atoms with Crippen LogP contribution in [0.3, 0.4) is 0 Å². The average molecular weight is 447 g/mol. The van der Waals surface area contributed by atoms with Gasteiger partial charge in [-0.15, -0.1) is 0 Å². The summed E-state index contributed by atoms with van der Waals surface area (Å²) in [6, 6.07) is 1.29. The summed E-state index contributed by atoms with van der Waals surface area (Å²) < 4.78 is 22.2. The van der Waals surface area contributed by atoms with E-state index < -0.39 is 48.4 Å². The van der Waals surface area contributed by atoms with Crippen molar-refractivity contribution in [2.24, 2.45) is 0 Å². The molecule has 2 heterocycles. The number of nitrogens with one attached hydrogen (secondary N) is 1. The molecule has 0 spiro atoms. The molecule has 1 saturated heterocycles. The number of anilines is 1. The maximum atomic E-state index is 12.6. The lowest BCUT2D eigenvalue weighted by atomic mass is 10.1. The average Bonchev–Trinajstić information content (AvgIpc) is 3.06. The van der Waals surface area contributed by atoms with Crippen LogP contribution in [0.4, 0.5) is 5.82 Å². The molecule has 0 unspecified atom stereocenters. The Kier molecular flexibility index (Phi) is 9.31. The van der Waals surface area contributed by atoms with Crippen LogP contribution in [0.2, 0.25) is 0 Å². The lowest BCUT2D eigenvalue weighted by Crippen LogP contribution is -2.51. The minimum absolute atomic E-state index is 0.0980. The summed E-state index contributed by atoms with van der Waals surface area (Å²) in [6.07, 6.45) is -3.84. The van der Waals surface area contributed by atoms with Gasteiger partial charge in [0.05, 0.1) is 19.8 Å². The van der Waals surface area contributed by atoms with Gasteiger partial charge in [0.15, 0.2) is 12.0 Å². The molecule has 1 fully saturated rings. The molecule has 4 atom stereocenters. The third kappa shape index (κ3) is 5.77. The van der Waals surface area contributed by atoms with Crippen LogP contribution in [0.15, 0.2) is 17.1 Å². The largest absolute Gasteiger partial charge is 0.394 e. The summed E-state index contributed by atoms with van der Waals surface area (Å²) in [4.78, 5) is 33.7. The molecule has 1 aromatic heterocycles. The monoisotopic (exact) mass is 447 g/mol. The van der Waals surface area contributed by atoms with Crippen molar-refractivity contribution in [2.75, 3.05) is 45.6 Å². The molecule has 13 heteroatoms. The number of hydrogen-bond acceptors (Lipinski definition) is 12. The SMILES string of the molecule is CCOCC(COCC)(OC)C(=O)ONc1ccn([C@@H]2O[C@H](CO)[C@@H](O)[C@H]2O)c(=O)n1. The van der Waals surface area contributed by atoms with Gasteiger partial charge in [0, 0.05) is 32.6 Å². The molecular formula is C18H29N3O10. The van der Waals surface area contributed by atoms with Gasteiger partial charge in [-0.25, -0.2) is 15.1 Å². The Morgan fingerprint density at radius 1 is 1.26 bits per heavy atom. The number of aliphatic hydroxyl groups excluding tert-OH is 3. The maximum absolute atomic E-state index is 12.6. The van der Waals surface area contributed by atoms with Crippen LogP contribution < -0.4 is 11.2 Å². The number of aliphatic hydroxyl groups is 3. The lowest BCUT2D eigenvalue weighted by Gasteiger charge is -2.28. The topological polar surface area (TPSA) is 171 Å². The second-order valence-corrected chi connectivity index (χ2v) is 6.70. The highest BCUT2D eigenvalue weighted by Gasteiger charge is 2.44. The van der Waals surface area contributed by atoms with Crippen LogP contribution in [0.1, 0.15) is 20.1 Å². The van der Waals surface area contributed by atoms with E-state index in [0.717, 1.165) is 4.57 Å². The van der Waals surface area contributed by atoms with Gasteiger partial charge in [-0.3, -0.25) is 4.57 Å². The molecule has 0 radical (unpaired) electrons. The van der Waals surface area contributed by atoms with E-state index in [-0.39, 0.29) is 19.0 Å². The van der Waals surface area contributed by atoms with Gasteiger partial charge < -0.3 is 39.1 Å². The van der Waals surface area contributed by atoms with E-state index in [1.54, 1.807) is 13.8 Å². The van der Waals surface area contributed by atoms with Crippen LogP contribution in [0.5, 0.6) is 0 Å². The van der Waals surface area contributed by atoms with Gasteiger partial charge in [0.2, 0.25) is 5.60 Å². The zero-order valence-corrected chi connectivity index (χ0v) is 17.6. The molecule has 1 aliphatic heterocycles. The molecule has 13 nitrogen and oxygen atoms in total. The van der Waals surface area contributed by atoms with E-state index in [1.807, 2.05) is 0 Å². The van der Waals surface area contributed by atoms with Crippen molar-refractivity contribution >= 4 is 11.8 Å². The van der Waals surface area contributed by atoms with E-state index in [1.165, 1.54) is 19.4 Å². The number of methoxy groups -OCH3 is 1. The quantitative estimate of drug-likeness (QED) is 0.265. The van der Waals surface area contributed by atoms with Crippen molar-refractivity contribution in [2.45, 2.75) is 44.0 Å². The number of hydrogen-bond donors (Lipinski definition) is 4. The molecule has 0 bridgehead atoms. The number of nitrogens with zero attached hydrogens (tertiary/aromatic N) is 2. The minimum Gasteiger partial charge on any atom is -0.394 e. The summed E-state index contributed by atoms with van der Waals surface area (Å²) in [5, 5.41) is 29.0. The number of carbonyl (C=O) groups excluding carboxylic acids is 1. The van der Waals surface area contributed by atoms with Gasteiger partial charge in [-0.2, -0.15) is 4.98 Å². The Hall–Kier alpha value is -2.13. The first kappa shape index (κ1) is 25.1. The van der Waals surface area contributed by atoms with Crippen molar-refractivity contribution in [3.8, 4) is 0 Å². The predicted octanol–water partition coefficient (Wildman–Crippen LogP) is -1.82. The van der Waals surface area contributed by atoms with Crippen molar-refractivity contribution in [1.82, 2.24) is 9.55 Å². The molecule has 0 amide bonds. The summed E-state index contributed by atoms with van der Waals surface area (Å²) in [6.45, 7) is 3.46. The number of aromatic nitrogens is 2. The van der Waals surface area contributed by atoms with Crippen molar-refractivity contribution in [3.05, 3.63) is 22.7 Å². The Morgan fingerprint density at radius 2 is 1.90 bits per heavy atom. The molecule has 2 rings (SSSR count). The van der Waals surface area contributed by atoms with Gasteiger partial charge in [0.1, 0.15) is 18.3 Å². The Labute approximate surface area is 178 Å². The normalized spacial score (nSPS) is 23.7. The summed E-state index contributed by atoms with van der Waals surface area (Å²) in [5.41, 5.74) is -0.0945. The fraction of sp³-hybridized carbons (Fsp3) is 0.722. The Balaban J connectivity index is 2.09. The molecule has 0 aliphatic carbocycles. The minimum atomic E-state index is -1.52. The van der Waals surface area contributed by atoms with Gasteiger partial charge in [-0.1, -0.05) is 0 Å². The second-order valence-electron chi connectivity index (χ2n) is 6.70. The fourth-order valence-electron chi connectivity index (χ4n) is 2.86. The van der Waals surface area contributed by atoms with Crippen LogP contribution >= 0.6 is 0 Å². The predicted molar refractivity (Wildman–Crippen MR) is 104 cm³/mol. The summed E-state index contributed by atoms with van der Waals surface area (Å²) in [5.74, 6) is -0.939. The van der Waals surface area contributed by atoms with Crippen molar-refractivity contribution in [1.29, 1.82) is 0 Å². The summed E-state index contributed by atoms with van der Waals surface area (Å²) in [7, 11) is 1.32. The molecule has 1 aromatic rings. The van der Waals surface area contributed by atoms with E-state index in [9.17, 15) is 19.8 Å². The third-order valence-electron chi connectivity index (χ3n) is 4.71. The van der Waals surface area contributed by atoms with Crippen LogP contribution in [-0.2, 0) is 28.6 Å². The highest BCUT2D eigenvalue weighted by atomic mass is 16.7. The first-order chi connectivity index (χ1) is 14.8. The van der Waals surface area contributed by atoms with E-state index >= 15 is 0 Å². The molecule has 176 valence electrons. The lowest BCUT2D eigenvalue weighted by molar-refractivity contribution is -0.183. The van der Waals surface area contributed by atoms with Crippen LogP contribution in [0.25, 0.3) is 0 Å². The smallest absolute Gasteiger partial charge is 0.368 e. The Bertz CT molecular complexity index is 765. The van der Waals surface area contributed by atoms with Gasteiger partial charge >= 0.3 is 11.7 Å². The maximum Gasteiger partial charge on any atom is 0.368 e. The molecular weight excluding hydrogens is 418 g/mol. The molecule has 4 N–H and O–H groups in total. The van der Waals surface area contributed by atoms with Crippen LogP contribution in [-0.4, -0.2) is 94.9 Å². The van der Waals surface area contributed by atoms with Gasteiger partial charge in [-0.05, 0) is 13.8 Å². The zero-order valence-electron chi connectivity index (χ0n) is 17.6. The highest BCUT2D eigenvalue weighted by Crippen LogP contribution is 2.28. The van der Waals surface area contributed by atoms with Crippen molar-refractivity contribution in [3.63, 3.8) is 0 Å². The molecule has 0 aromatic carbocycles. The van der Waals surface area contributed by atoms with E-state index in [4.69, 9.17) is 28.9 Å². The highest BCUT2D eigenvalue weighted by molar-refractivity contribution is 5.80. The Morgan fingerprint density at radius 3 is 2.39 bits per heavy atom. The summed E-state index contributed by atoms with van der Waals surface area (Å²) >= 11 is 0. The van der Waals surface area contributed by atoms with E-state index in [0.29, 0.717) is 13.2 Å². The first-order valence-corrected chi connectivity index (χ1v) is 9.73. The molecule has 31 heavy (non-hydrogen) atoms.